The van der Waals surface area contributed by atoms with Crippen molar-refractivity contribution in [3.05, 3.63) is 0 Å². The Bertz CT molecular complexity index is 27.7. The van der Waals surface area contributed by atoms with Gasteiger partial charge in [0.1, 0.15) is 0 Å². The minimum Gasteiger partial charge on any atom is -0.147 e. The van der Waals surface area contributed by atoms with Crippen molar-refractivity contribution in [2.24, 2.45) is 0 Å². The molecule has 0 saturated carbocycles. The first-order valence-corrected chi connectivity index (χ1v) is 5.00. The minimum absolute atomic E-state index is 0. The van der Waals surface area contributed by atoms with E-state index in [-0.39, 0.29) is 37.2 Å². The lowest BCUT2D eigenvalue weighted by Gasteiger charge is -2.04. The van der Waals surface area contributed by atoms with E-state index in [0.717, 1.165) is 0 Å². The van der Waals surface area contributed by atoms with Crippen molar-refractivity contribution in [3.63, 3.8) is 0 Å². The molecule has 0 aromatic rings. The summed E-state index contributed by atoms with van der Waals surface area (Å²) in [7, 11) is 0.508. The summed E-state index contributed by atoms with van der Waals surface area (Å²) in [6.45, 7) is 0. The van der Waals surface area contributed by atoms with E-state index in [9.17, 15) is 0 Å². The Kier molecular flexibility index (Phi) is 21.8. The van der Waals surface area contributed by atoms with E-state index < -0.39 is 0 Å². The Morgan fingerprint density at radius 2 is 1.11 bits per heavy atom. The first kappa shape index (κ1) is 16.6. The van der Waals surface area contributed by atoms with Crippen LogP contribution in [0.1, 0.15) is 19.3 Å². The van der Waals surface area contributed by atoms with Gasteiger partial charge in [-0.05, 0) is 0 Å². The monoisotopic (exact) mass is 208 g/mol. The predicted octanol–water partition coefficient (Wildman–Crippen LogP) is 2.44. The molecule has 0 bridgehead atoms. The van der Waals surface area contributed by atoms with Crippen LogP contribution in [-0.4, -0.2) is 9.52 Å². The average Bonchev–Trinajstić information content (AvgIpc) is 1.72. The van der Waals surface area contributed by atoms with Crippen molar-refractivity contribution in [1.29, 1.82) is 0 Å². The predicted molar refractivity (Wildman–Crippen MR) is 53.8 cm³/mol. The molecule has 1 saturated heterocycles. The zero-order valence-corrected chi connectivity index (χ0v) is 9.33. The lowest BCUT2D eigenvalue weighted by molar-refractivity contribution is 0.734. The van der Waals surface area contributed by atoms with Crippen molar-refractivity contribution in [1.82, 2.24) is 0 Å². The molecule has 0 spiro atoms. The number of halogens is 3. The summed E-state index contributed by atoms with van der Waals surface area (Å²) in [6.07, 6.45) is 4.66. The van der Waals surface area contributed by atoms with Crippen molar-refractivity contribution in [2.75, 3.05) is 0 Å². The van der Waals surface area contributed by atoms with Gasteiger partial charge in [0.05, 0.1) is 0 Å². The number of hydrogen-bond acceptors (Lipinski definition) is 0. The maximum Gasteiger partial charge on any atom is 0.0197 e. The quantitative estimate of drug-likeness (QED) is 0.538. The molecule has 0 aromatic carbocycles. The van der Waals surface area contributed by atoms with Crippen molar-refractivity contribution in [2.45, 2.75) is 31.4 Å². The molecule has 1 fully saturated rings. The minimum atomic E-state index is 0. The largest absolute Gasteiger partial charge is 0.147 e. The summed E-state index contributed by atoms with van der Waals surface area (Å²) in [5.74, 6) is 0. The van der Waals surface area contributed by atoms with Gasteiger partial charge in [0.15, 0.2) is 0 Å². The van der Waals surface area contributed by atoms with Crippen LogP contribution >= 0.6 is 37.2 Å². The van der Waals surface area contributed by atoms with Crippen molar-refractivity contribution < 1.29 is 0 Å². The summed E-state index contributed by atoms with van der Waals surface area (Å²) in [4.78, 5) is 0. The van der Waals surface area contributed by atoms with E-state index in [0.29, 0.717) is 9.52 Å². The first-order chi connectivity index (χ1) is 3.00. The van der Waals surface area contributed by atoms with Crippen LogP contribution in [0.5, 0.6) is 0 Å². The van der Waals surface area contributed by atoms with Gasteiger partial charge < -0.3 is 0 Å². The van der Waals surface area contributed by atoms with Gasteiger partial charge in [-0.15, -0.1) is 37.2 Å². The van der Waals surface area contributed by atoms with Crippen LogP contribution in [0.2, 0.25) is 12.1 Å². The molecule has 0 radical (unpaired) electrons. The Hall–Kier alpha value is 1.09. The van der Waals surface area contributed by atoms with Crippen LogP contribution in [-0.2, 0) is 0 Å². The molecule has 0 unspecified atom stereocenters. The van der Waals surface area contributed by atoms with Crippen LogP contribution in [0.15, 0.2) is 0 Å². The maximum absolute atomic E-state index is 1.64. The van der Waals surface area contributed by atoms with Crippen LogP contribution < -0.4 is 0 Å². The molecule has 0 atom stereocenters. The Morgan fingerprint density at radius 1 is 0.667 bits per heavy atom. The van der Waals surface area contributed by atoms with E-state index in [2.05, 4.69) is 0 Å². The van der Waals surface area contributed by atoms with Crippen LogP contribution in [0.25, 0.3) is 0 Å². The fourth-order valence-corrected chi connectivity index (χ4v) is 2.83. The molecular formula is C5H15Cl3Si. The van der Waals surface area contributed by atoms with E-state index in [1.165, 1.54) is 6.42 Å². The van der Waals surface area contributed by atoms with E-state index in [1.54, 1.807) is 24.9 Å². The average molecular weight is 210 g/mol. The highest BCUT2D eigenvalue weighted by atomic mass is 35.5. The van der Waals surface area contributed by atoms with Gasteiger partial charge in [-0.2, -0.15) is 0 Å². The molecule has 4 heteroatoms. The Balaban J connectivity index is -0.000000120. The maximum atomic E-state index is 1.64. The third kappa shape index (κ3) is 9.09. The standard InChI is InChI=1S/C5H12Si.3ClH/c1-2-4-6-5-3-1;;;/h1-6H2;3*1H. The Labute approximate surface area is 78.2 Å². The molecule has 60 valence electrons. The lowest BCUT2D eigenvalue weighted by Crippen LogP contribution is -1.94. The molecule has 1 heterocycles. The highest BCUT2D eigenvalue weighted by molar-refractivity contribution is 6.35. The van der Waals surface area contributed by atoms with Gasteiger partial charge in [-0.3, -0.25) is 0 Å². The third-order valence-electron chi connectivity index (χ3n) is 1.50. The van der Waals surface area contributed by atoms with Gasteiger partial charge in [0.25, 0.3) is 0 Å². The Morgan fingerprint density at radius 3 is 1.22 bits per heavy atom. The molecule has 1 aliphatic heterocycles. The first-order valence-electron chi connectivity index (χ1n) is 3.00. The van der Waals surface area contributed by atoms with Crippen LogP contribution in [0.4, 0.5) is 0 Å². The van der Waals surface area contributed by atoms with Gasteiger partial charge in [0, 0.05) is 9.52 Å². The second-order valence-electron chi connectivity index (χ2n) is 2.12. The fraction of sp³-hybridized carbons (Fsp3) is 1.00. The zero-order valence-electron chi connectivity index (χ0n) is 5.47. The molecule has 0 aromatic heterocycles. The third-order valence-corrected chi connectivity index (χ3v) is 3.50. The molecule has 0 N–H and O–H groups in total. The summed E-state index contributed by atoms with van der Waals surface area (Å²) in [5, 5.41) is 0. The summed E-state index contributed by atoms with van der Waals surface area (Å²) >= 11 is 0. The normalized spacial score (nSPS) is 16.0. The van der Waals surface area contributed by atoms with Gasteiger partial charge in [0.2, 0.25) is 0 Å². The molecule has 1 aliphatic rings. The van der Waals surface area contributed by atoms with Crippen LogP contribution in [0.3, 0.4) is 0 Å². The van der Waals surface area contributed by atoms with E-state index >= 15 is 0 Å². The highest BCUT2D eigenvalue weighted by Crippen LogP contribution is 2.10. The molecule has 0 amide bonds. The number of rotatable bonds is 0. The second kappa shape index (κ2) is 11.8. The van der Waals surface area contributed by atoms with E-state index in [1.807, 2.05) is 0 Å². The fourth-order valence-electron chi connectivity index (χ4n) is 1.06. The van der Waals surface area contributed by atoms with E-state index in [4.69, 9.17) is 0 Å². The summed E-state index contributed by atoms with van der Waals surface area (Å²) in [5.41, 5.74) is 0. The number of hydrogen-bond donors (Lipinski definition) is 0. The smallest absolute Gasteiger partial charge is 0.0197 e. The topological polar surface area (TPSA) is 0 Å². The SMILES string of the molecule is C1CC[SiH2]CC1.Cl.Cl.Cl. The molecule has 0 aliphatic carbocycles. The second-order valence-corrected chi connectivity index (χ2v) is 4.24. The van der Waals surface area contributed by atoms with Crippen molar-refractivity contribution in [3.8, 4) is 0 Å². The van der Waals surface area contributed by atoms with Gasteiger partial charge in [-0.1, -0.05) is 31.4 Å². The molecular weight excluding hydrogens is 194 g/mol. The van der Waals surface area contributed by atoms with Crippen molar-refractivity contribution >= 4 is 46.7 Å². The summed E-state index contributed by atoms with van der Waals surface area (Å²) in [6, 6.07) is 3.28. The highest BCUT2D eigenvalue weighted by Gasteiger charge is 1.96. The van der Waals surface area contributed by atoms with Gasteiger partial charge >= 0.3 is 0 Å². The van der Waals surface area contributed by atoms with Crippen LogP contribution in [0, 0.1) is 0 Å². The molecule has 0 nitrogen and oxygen atoms in total. The molecule has 9 heavy (non-hydrogen) atoms. The van der Waals surface area contributed by atoms with Gasteiger partial charge in [-0.25, -0.2) is 0 Å². The lowest BCUT2D eigenvalue weighted by atomic mass is 10.3. The molecule has 1 rings (SSSR count). The zero-order chi connectivity index (χ0) is 4.24. The summed E-state index contributed by atoms with van der Waals surface area (Å²) < 4.78 is 0.